The van der Waals surface area contributed by atoms with E-state index in [0.717, 1.165) is 37.0 Å². The lowest BCUT2D eigenvalue weighted by Gasteiger charge is -2.58. The van der Waals surface area contributed by atoms with Crippen LogP contribution in [0, 0.1) is 17.8 Å². The first-order valence-corrected chi connectivity index (χ1v) is 9.37. The van der Waals surface area contributed by atoms with Gasteiger partial charge in [-0.2, -0.15) is 0 Å². The van der Waals surface area contributed by atoms with Crippen LogP contribution < -0.4 is 0 Å². The molecule has 1 atom stereocenters. The molecule has 6 heteroatoms. The largest absolute Gasteiger partial charge is 0.376 e. The van der Waals surface area contributed by atoms with Gasteiger partial charge in [0.1, 0.15) is 0 Å². The molecule has 6 fully saturated rings. The van der Waals surface area contributed by atoms with Crippen LogP contribution in [0.4, 0.5) is 4.79 Å². The number of ether oxygens (including phenoxy) is 1. The Morgan fingerprint density at radius 3 is 2.12 bits per heavy atom. The van der Waals surface area contributed by atoms with E-state index in [4.69, 9.17) is 4.74 Å². The maximum absolute atomic E-state index is 13.0. The summed E-state index contributed by atoms with van der Waals surface area (Å²) in [4.78, 5) is 40.7. The topological polar surface area (TPSA) is 66.9 Å². The molecule has 4 amide bonds. The molecule has 0 aromatic rings. The van der Waals surface area contributed by atoms with E-state index in [9.17, 15) is 14.4 Å². The number of hydrogen-bond donors (Lipinski definition) is 0. The second kappa shape index (κ2) is 5.04. The number of amides is 4. The summed E-state index contributed by atoms with van der Waals surface area (Å²) in [6, 6.07) is -0.387. The minimum Gasteiger partial charge on any atom is -0.376 e. The highest BCUT2D eigenvalue weighted by Gasteiger charge is 2.61. The molecule has 2 saturated heterocycles. The molecule has 6 aliphatic rings. The molecule has 24 heavy (non-hydrogen) atoms. The predicted octanol–water partition coefficient (Wildman–Crippen LogP) is 1.92. The van der Waals surface area contributed by atoms with Crippen LogP contribution >= 0.6 is 0 Å². The quantitative estimate of drug-likeness (QED) is 0.585. The predicted molar refractivity (Wildman–Crippen MR) is 83.8 cm³/mol. The summed E-state index contributed by atoms with van der Waals surface area (Å²) in [6.45, 7) is 0.903. The van der Waals surface area contributed by atoms with E-state index in [0.29, 0.717) is 24.4 Å². The van der Waals surface area contributed by atoms with E-state index in [-0.39, 0.29) is 24.2 Å². The summed E-state index contributed by atoms with van der Waals surface area (Å²) in [7, 11) is 0. The van der Waals surface area contributed by atoms with Crippen LogP contribution in [0.2, 0.25) is 0 Å². The van der Waals surface area contributed by atoms with Crippen LogP contribution in [0.15, 0.2) is 0 Å². The molecular formula is C18H24N2O4. The molecule has 6 nitrogen and oxygen atoms in total. The van der Waals surface area contributed by atoms with Gasteiger partial charge in [-0.1, -0.05) is 0 Å². The highest BCUT2D eigenvalue weighted by atomic mass is 16.5. The van der Waals surface area contributed by atoms with Crippen LogP contribution in [0.3, 0.4) is 0 Å². The summed E-state index contributed by atoms with van der Waals surface area (Å²) >= 11 is 0. The number of rotatable bonds is 3. The molecule has 0 unspecified atom stereocenters. The molecule has 6 rings (SSSR count). The van der Waals surface area contributed by atoms with Crippen molar-refractivity contribution < 1.29 is 19.1 Å². The summed E-state index contributed by atoms with van der Waals surface area (Å²) in [5.41, 5.74) is -0.385. The van der Waals surface area contributed by atoms with Gasteiger partial charge in [0.15, 0.2) is 0 Å². The van der Waals surface area contributed by atoms with E-state index in [1.54, 1.807) is 0 Å². The first-order valence-electron chi connectivity index (χ1n) is 9.37. The van der Waals surface area contributed by atoms with Crippen molar-refractivity contribution in [3.05, 3.63) is 0 Å². The van der Waals surface area contributed by atoms with E-state index < -0.39 is 11.8 Å². The van der Waals surface area contributed by atoms with Gasteiger partial charge in [-0.25, -0.2) is 9.69 Å². The average molecular weight is 332 g/mol. The van der Waals surface area contributed by atoms with Gasteiger partial charge in [-0.15, -0.1) is 0 Å². The van der Waals surface area contributed by atoms with Gasteiger partial charge in [0.05, 0.1) is 18.2 Å². The molecule has 0 N–H and O–H groups in total. The second-order valence-electron chi connectivity index (χ2n) is 8.62. The molecule has 0 spiro atoms. The molecule has 4 aliphatic carbocycles. The minimum atomic E-state index is -0.647. The van der Waals surface area contributed by atoms with Gasteiger partial charge < -0.3 is 4.74 Å². The number of urea groups is 1. The van der Waals surface area contributed by atoms with Gasteiger partial charge >= 0.3 is 17.8 Å². The molecular weight excluding hydrogens is 308 g/mol. The number of imide groups is 2. The lowest BCUT2D eigenvalue weighted by Crippen LogP contribution is -2.62. The monoisotopic (exact) mass is 332 g/mol. The average Bonchev–Trinajstić information content (AvgIpc) is 3.09. The van der Waals surface area contributed by atoms with Crippen molar-refractivity contribution in [2.45, 2.75) is 63.0 Å². The van der Waals surface area contributed by atoms with Crippen molar-refractivity contribution >= 4 is 17.8 Å². The molecule has 0 aromatic heterocycles. The lowest BCUT2D eigenvalue weighted by atomic mass is 9.52. The fourth-order valence-corrected chi connectivity index (χ4v) is 6.42. The van der Waals surface area contributed by atoms with Crippen LogP contribution in [0.25, 0.3) is 0 Å². The lowest BCUT2D eigenvalue weighted by molar-refractivity contribution is -0.150. The Morgan fingerprint density at radius 2 is 1.58 bits per heavy atom. The maximum Gasteiger partial charge on any atom is 0.334 e. The smallest absolute Gasteiger partial charge is 0.334 e. The van der Waals surface area contributed by atoms with Crippen molar-refractivity contribution in [3.8, 4) is 0 Å². The zero-order valence-corrected chi connectivity index (χ0v) is 13.9. The molecule has 0 aromatic carbocycles. The molecule has 4 saturated carbocycles. The van der Waals surface area contributed by atoms with Crippen LogP contribution in [0.5, 0.6) is 0 Å². The van der Waals surface area contributed by atoms with Crippen molar-refractivity contribution in [3.63, 3.8) is 0 Å². The molecule has 130 valence electrons. The van der Waals surface area contributed by atoms with Gasteiger partial charge in [-0.05, 0) is 69.1 Å². The van der Waals surface area contributed by atoms with Crippen LogP contribution in [0.1, 0.15) is 51.4 Å². The van der Waals surface area contributed by atoms with E-state index in [1.165, 1.54) is 24.2 Å². The normalized spacial score (nSPS) is 44.2. The third kappa shape index (κ3) is 2.01. The third-order valence-corrected chi connectivity index (χ3v) is 6.94. The minimum absolute atomic E-state index is 0.109. The van der Waals surface area contributed by atoms with Gasteiger partial charge in [0.2, 0.25) is 0 Å². The first-order chi connectivity index (χ1) is 11.6. The number of hydrogen-bond acceptors (Lipinski definition) is 4. The fourth-order valence-electron chi connectivity index (χ4n) is 6.42. The Kier molecular flexibility index (Phi) is 3.12. The molecule has 0 radical (unpaired) electrons. The Balaban J connectivity index is 1.42. The highest BCUT2D eigenvalue weighted by molar-refractivity contribution is 6.44. The summed E-state index contributed by atoms with van der Waals surface area (Å²) < 4.78 is 5.56. The maximum atomic E-state index is 13.0. The summed E-state index contributed by atoms with van der Waals surface area (Å²) in [6.07, 6.45) is 8.11. The number of nitrogens with zero attached hydrogens (tertiary/aromatic N) is 2. The second-order valence-corrected chi connectivity index (χ2v) is 8.62. The Bertz CT molecular complexity index is 575. The molecule has 2 aliphatic heterocycles. The van der Waals surface area contributed by atoms with Gasteiger partial charge in [0, 0.05) is 6.61 Å². The third-order valence-electron chi connectivity index (χ3n) is 6.94. The highest BCUT2D eigenvalue weighted by Crippen LogP contribution is 2.58. The zero-order chi connectivity index (χ0) is 16.5. The standard InChI is InChI=1S/C18H24N2O4/c21-15-16(22)20(17(23)19(15)10-14-2-1-3-24-14)18-7-11-4-12(8-18)6-13(5-11)9-18/h11-14H,1-10H2/t11?,12?,13?,14-,18?/m1/s1. The molecule has 4 bridgehead atoms. The fraction of sp³-hybridized carbons (Fsp3) is 0.833. The van der Waals surface area contributed by atoms with Crippen LogP contribution in [-0.2, 0) is 14.3 Å². The number of carbonyl (C=O) groups excluding carboxylic acids is 3. The van der Waals surface area contributed by atoms with E-state index >= 15 is 0 Å². The van der Waals surface area contributed by atoms with Crippen molar-refractivity contribution in [2.24, 2.45) is 17.8 Å². The van der Waals surface area contributed by atoms with Crippen molar-refractivity contribution in [1.29, 1.82) is 0 Å². The summed E-state index contributed by atoms with van der Waals surface area (Å²) in [5.74, 6) is 0.628. The van der Waals surface area contributed by atoms with Gasteiger partial charge in [-0.3, -0.25) is 14.5 Å². The zero-order valence-electron chi connectivity index (χ0n) is 13.9. The first kappa shape index (κ1) is 14.9. The van der Waals surface area contributed by atoms with Crippen molar-refractivity contribution in [1.82, 2.24) is 9.80 Å². The molecule has 2 heterocycles. The number of carbonyl (C=O) groups is 3. The Morgan fingerprint density at radius 1 is 0.958 bits per heavy atom. The van der Waals surface area contributed by atoms with Crippen molar-refractivity contribution in [2.75, 3.05) is 13.2 Å². The van der Waals surface area contributed by atoms with E-state index in [1.807, 2.05) is 0 Å². The van der Waals surface area contributed by atoms with E-state index in [2.05, 4.69) is 0 Å². The van der Waals surface area contributed by atoms with Gasteiger partial charge in [0.25, 0.3) is 0 Å². The SMILES string of the molecule is O=C1C(=O)N(C23CC4CC(CC(C4)C2)C3)C(=O)N1C[C@H]1CCCO1. The van der Waals surface area contributed by atoms with Crippen LogP contribution in [-0.4, -0.2) is 52.4 Å². The summed E-state index contributed by atoms with van der Waals surface area (Å²) in [5, 5.41) is 0. The Hall–Kier alpha value is -1.43. The Labute approximate surface area is 141 Å².